The molecule has 0 aliphatic carbocycles. The number of hydrogen-bond acceptors (Lipinski definition) is 5. The fraction of sp³-hybridized carbons (Fsp3) is 0.474. The third-order valence-electron chi connectivity index (χ3n) is 4.95. The van der Waals surface area contributed by atoms with Crippen LogP contribution in [0.25, 0.3) is 0 Å². The van der Waals surface area contributed by atoms with Crippen LogP contribution in [0, 0.1) is 0 Å². The van der Waals surface area contributed by atoms with Crippen molar-refractivity contribution < 1.29 is 23.9 Å². The van der Waals surface area contributed by atoms with E-state index in [0.29, 0.717) is 30.5 Å². The minimum atomic E-state index is -0.527. The molecule has 0 aromatic heterocycles. The monoisotopic (exact) mass is 358 g/mol. The van der Waals surface area contributed by atoms with Crippen LogP contribution in [-0.2, 0) is 14.3 Å². The molecule has 2 heterocycles. The van der Waals surface area contributed by atoms with Crippen LogP contribution in [0.5, 0.6) is 0 Å². The first-order valence-electron chi connectivity index (χ1n) is 8.87. The van der Waals surface area contributed by atoms with Crippen molar-refractivity contribution in [1.29, 1.82) is 0 Å². The zero-order valence-electron chi connectivity index (χ0n) is 14.8. The molecule has 7 nitrogen and oxygen atoms in total. The Hall–Kier alpha value is -2.70. The standard InChI is InChI=1S/C19H22N2O5/c1-26-19(25)15-9-4-5-11-20(15)16(22)10-6-12-21-17(23)13-7-2-3-8-14(13)18(21)24/h2-3,7-8,15H,4-6,9-12H2,1H3. The maximum Gasteiger partial charge on any atom is 0.328 e. The highest BCUT2D eigenvalue weighted by Crippen LogP contribution is 2.23. The van der Waals surface area contributed by atoms with Gasteiger partial charge in [-0.1, -0.05) is 12.1 Å². The number of likely N-dealkylation sites (tertiary alicyclic amines) is 1. The Labute approximate surface area is 151 Å². The van der Waals surface area contributed by atoms with Crippen LogP contribution in [0.2, 0.25) is 0 Å². The number of imide groups is 1. The van der Waals surface area contributed by atoms with Gasteiger partial charge in [-0.2, -0.15) is 0 Å². The number of esters is 1. The molecule has 1 fully saturated rings. The molecule has 1 unspecified atom stereocenters. The van der Waals surface area contributed by atoms with E-state index in [0.717, 1.165) is 12.8 Å². The van der Waals surface area contributed by atoms with Crippen LogP contribution in [0.3, 0.4) is 0 Å². The van der Waals surface area contributed by atoms with Crippen molar-refractivity contribution >= 4 is 23.7 Å². The van der Waals surface area contributed by atoms with Gasteiger partial charge in [0.05, 0.1) is 18.2 Å². The summed E-state index contributed by atoms with van der Waals surface area (Å²) in [4.78, 5) is 51.8. The van der Waals surface area contributed by atoms with Gasteiger partial charge in [-0.25, -0.2) is 4.79 Å². The molecule has 0 radical (unpaired) electrons. The van der Waals surface area contributed by atoms with Gasteiger partial charge in [0.15, 0.2) is 0 Å². The zero-order chi connectivity index (χ0) is 18.7. The normalized spacial score (nSPS) is 19.5. The first kappa shape index (κ1) is 18.1. The van der Waals surface area contributed by atoms with E-state index in [2.05, 4.69) is 0 Å². The summed E-state index contributed by atoms with van der Waals surface area (Å²) in [6.45, 7) is 0.723. The van der Waals surface area contributed by atoms with Gasteiger partial charge in [0.25, 0.3) is 11.8 Å². The lowest BCUT2D eigenvalue weighted by molar-refractivity contribution is -0.154. The van der Waals surface area contributed by atoms with Crippen molar-refractivity contribution in [2.45, 2.75) is 38.1 Å². The molecule has 0 saturated carbocycles. The number of ether oxygens (including phenoxy) is 1. The SMILES string of the molecule is COC(=O)C1CCCCN1C(=O)CCCN1C(=O)c2ccccc2C1=O. The fourth-order valence-electron chi connectivity index (χ4n) is 3.59. The van der Waals surface area contributed by atoms with Crippen molar-refractivity contribution in [1.82, 2.24) is 9.80 Å². The summed E-state index contributed by atoms with van der Waals surface area (Å²) in [5, 5.41) is 0. The summed E-state index contributed by atoms with van der Waals surface area (Å²) in [7, 11) is 1.32. The highest BCUT2D eigenvalue weighted by molar-refractivity contribution is 6.21. The number of fused-ring (bicyclic) bond motifs is 1. The number of methoxy groups -OCH3 is 1. The lowest BCUT2D eigenvalue weighted by Gasteiger charge is -2.34. The average molecular weight is 358 g/mol. The Bertz CT molecular complexity index is 710. The van der Waals surface area contributed by atoms with Crippen molar-refractivity contribution in [3.8, 4) is 0 Å². The van der Waals surface area contributed by atoms with Gasteiger partial charge in [-0.05, 0) is 37.8 Å². The number of hydrogen-bond donors (Lipinski definition) is 0. The van der Waals surface area contributed by atoms with E-state index >= 15 is 0 Å². The quantitative estimate of drug-likeness (QED) is 0.590. The lowest BCUT2D eigenvalue weighted by atomic mass is 10.0. The van der Waals surface area contributed by atoms with Gasteiger partial charge < -0.3 is 9.64 Å². The van der Waals surface area contributed by atoms with E-state index in [1.54, 1.807) is 29.2 Å². The highest BCUT2D eigenvalue weighted by atomic mass is 16.5. The molecule has 1 saturated heterocycles. The first-order chi connectivity index (χ1) is 12.5. The van der Waals surface area contributed by atoms with Gasteiger partial charge in [-0.15, -0.1) is 0 Å². The van der Waals surface area contributed by atoms with E-state index in [9.17, 15) is 19.2 Å². The van der Waals surface area contributed by atoms with E-state index in [-0.39, 0.29) is 30.7 Å². The Morgan fingerprint density at radius 2 is 1.77 bits per heavy atom. The van der Waals surface area contributed by atoms with Gasteiger partial charge in [0.2, 0.25) is 5.91 Å². The smallest absolute Gasteiger partial charge is 0.328 e. The van der Waals surface area contributed by atoms with E-state index in [1.165, 1.54) is 12.0 Å². The van der Waals surface area contributed by atoms with Crippen molar-refractivity contribution in [2.24, 2.45) is 0 Å². The second kappa shape index (κ2) is 7.68. The molecule has 3 amide bonds. The fourth-order valence-corrected chi connectivity index (χ4v) is 3.59. The minimum absolute atomic E-state index is 0.142. The second-order valence-electron chi connectivity index (χ2n) is 6.53. The van der Waals surface area contributed by atoms with Gasteiger partial charge in [0.1, 0.15) is 6.04 Å². The zero-order valence-corrected chi connectivity index (χ0v) is 14.8. The Kier molecular flexibility index (Phi) is 5.35. The average Bonchev–Trinajstić information content (AvgIpc) is 2.92. The number of amides is 3. The predicted octanol–water partition coefficient (Wildman–Crippen LogP) is 1.62. The Morgan fingerprint density at radius 3 is 2.38 bits per heavy atom. The summed E-state index contributed by atoms with van der Waals surface area (Å²) in [6, 6.07) is 6.19. The molecule has 7 heteroatoms. The van der Waals surface area contributed by atoms with Crippen LogP contribution in [0.4, 0.5) is 0 Å². The number of benzene rings is 1. The third kappa shape index (κ3) is 3.34. The van der Waals surface area contributed by atoms with Crippen LogP contribution < -0.4 is 0 Å². The summed E-state index contributed by atoms with van der Waals surface area (Å²) < 4.78 is 4.79. The van der Waals surface area contributed by atoms with Gasteiger partial charge in [0, 0.05) is 19.5 Å². The van der Waals surface area contributed by atoms with Gasteiger partial charge >= 0.3 is 5.97 Å². The maximum atomic E-state index is 12.5. The van der Waals surface area contributed by atoms with E-state index in [4.69, 9.17) is 4.74 Å². The summed E-state index contributed by atoms with van der Waals surface area (Å²) in [6.07, 6.45) is 2.91. The van der Waals surface area contributed by atoms with Crippen LogP contribution in [0.15, 0.2) is 24.3 Å². The molecule has 0 spiro atoms. The van der Waals surface area contributed by atoms with Gasteiger partial charge in [-0.3, -0.25) is 19.3 Å². The Balaban J connectivity index is 1.56. The number of piperidine rings is 1. The molecule has 2 aliphatic rings. The summed E-state index contributed by atoms with van der Waals surface area (Å²) >= 11 is 0. The maximum absolute atomic E-state index is 12.5. The molecular formula is C19H22N2O5. The molecule has 1 aromatic carbocycles. The summed E-state index contributed by atoms with van der Waals surface area (Å²) in [5.41, 5.74) is 0.816. The largest absolute Gasteiger partial charge is 0.467 e. The highest BCUT2D eigenvalue weighted by Gasteiger charge is 2.35. The van der Waals surface area contributed by atoms with Crippen molar-refractivity contribution in [3.63, 3.8) is 0 Å². The molecule has 3 rings (SSSR count). The van der Waals surface area contributed by atoms with Crippen molar-refractivity contribution in [2.75, 3.05) is 20.2 Å². The van der Waals surface area contributed by atoms with E-state index in [1.807, 2.05) is 0 Å². The van der Waals surface area contributed by atoms with E-state index < -0.39 is 12.0 Å². The number of carbonyl (C=O) groups is 4. The topological polar surface area (TPSA) is 84.0 Å². The molecular weight excluding hydrogens is 336 g/mol. The van der Waals surface area contributed by atoms with Crippen LogP contribution in [0.1, 0.15) is 52.8 Å². The molecule has 138 valence electrons. The number of carbonyl (C=O) groups excluding carboxylic acids is 4. The Morgan fingerprint density at radius 1 is 1.12 bits per heavy atom. The number of rotatable bonds is 5. The molecule has 2 aliphatic heterocycles. The third-order valence-corrected chi connectivity index (χ3v) is 4.95. The minimum Gasteiger partial charge on any atom is -0.467 e. The first-order valence-corrected chi connectivity index (χ1v) is 8.87. The second-order valence-corrected chi connectivity index (χ2v) is 6.53. The molecule has 26 heavy (non-hydrogen) atoms. The predicted molar refractivity (Wildman–Crippen MR) is 92.4 cm³/mol. The van der Waals surface area contributed by atoms with Crippen molar-refractivity contribution in [3.05, 3.63) is 35.4 Å². The van der Waals surface area contributed by atoms with Crippen LogP contribution >= 0.6 is 0 Å². The number of nitrogens with zero attached hydrogens (tertiary/aromatic N) is 2. The molecule has 1 atom stereocenters. The molecule has 1 aromatic rings. The molecule has 0 N–H and O–H groups in total. The summed E-state index contributed by atoms with van der Waals surface area (Å²) in [5.74, 6) is -1.16. The lowest BCUT2D eigenvalue weighted by Crippen LogP contribution is -2.48. The van der Waals surface area contributed by atoms with Crippen LogP contribution in [-0.4, -0.2) is 59.7 Å². The molecule has 0 bridgehead atoms.